The average Bonchev–Trinajstić information content (AvgIpc) is 4.02. The fraction of sp³-hybridized carbons (Fsp3) is 0.311. The van der Waals surface area contributed by atoms with E-state index in [0.29, 0.717) is 48.6 Å². The van der Waals surface area contributed by atoms with E-state index in [1.54, 1.807) is 53.4 Å². The molecule has 0 unspecified atom stereocenters. The number of halogens is 9. The van der Waals surface area contributed by atoms with E-state index in [-0.39, 0.29) is 60.4 Å². The van der Waals surface area contributed by atoms with E-state index in [2.05, 4.69) is 31.4 Å². The minimum atomic E-state index is -4.95. The normalized spacial score (nSPS) is 15.7. The van der Waals surface area contributed by atoms with Gasteiger partial charge in [-0.1, -0.05) is 49.9 Å². The third-order valence-corrected chi connectivity index (χ3v) is 13.1. The fourth-order valence-corrected chi connectivity index (χ4v) is 8.95. The van der Waals surface area contributed by atoms with Gasteiger partial charge in [0.2, 0.25) is 11.8 Å². The molecule has 2 amide bonds. The molecule has 2 fully saturated rings. The third-order valence-electron chi connectivity index (χ3n) is 11.8. The standard InChI is InChI=1S/C45H39F9N8O4S/c1-27(61(32-6-4-3-5-7-32)26-33-34(46)22-30(23-35(33)47)39-56-58-41(66-39)45(52,53)54)59-16-14-43(2,15-17-59)31-12-13-37(36(48)24-31)62(42(63)60-18-20-67(64)21-19-60)25-28-8-10-29(11-9-28)38-55-57-40(65-38)44(49,50)51/h3-13,22-24H,1,14-21,25-26H2,2H3. The lowest BCUT2D eigenvalue weighted by Crippen LogP contribution is -2.49. The number of carbonyl (C=O) groups is 1. The minimum absolute atomic E-state index is 0.0280. The predicted octanol–water partition coefficient (Wildman–Crippen LogP) is 9.96. The van der Waals surface area contributed by atoms with Gasteiger partial charge in [-0.3, -0.25) is 9.11 Å². The van der Waals surface area contributed by atoms with E-state index in [1.807, 2.05) is 11.8 Å². The van der Waals surface area contributed by atoms with Crippen LogP contribution in [0, 0.1) is 17.5 Å². The van der Waals surface area contributed by atoms with Crippen molar-refractivity contribution >= 4 is 28.2 Å². The molecule has 4 aromatic carbocycles. The van der Waals surface area contributed by atoms with E-state index in [9.17, 15) is 35.3 Å². The molecule has 2 aliphatic rings. The first-order valence-corrected chi connectivity index (χ1v) is 22.1. The monoisotopic (exact) mass is 958 g/mol. The Morgan fingerprint density at radius 3 is 1.81 bits per heavy atom. The van der Waals surface area contributed by atoms with Gasteiger partial charge in [-0.15, -0.1) is 20.4 Å². The van der Waals surface area contributed by atoms with E-state index < -0.39 is 75.3 Å². The number of likely N-dealkylation sites (tertiary alicyclic amines) is 1. The molecule has 0 radical (unpaired) electrons. The van der Waals surface area contributed by atoms with Crippen LogP contribution in [0.15, 0.2) is 106 Å². The van der Waals surface area contributed by atoms with Crippen LogP contribution in [0.25, 0.3) is 22.9 Å². The van der Waals surface area contributed by atoms with Crippen molar-refractivity contribution in [3.63, 3.8) is 0 Å². The number of hydrogen-bond donors (Lipinski definition) is 0. The van der Waals surface area contributed by atoms with E-state index >= 15 is 13.2 Å². The van der Waals surface area contributed by atoms with Crippen LogP contribution in [-0.4, -0.2) is 78.1 Å². The number of hydrogen-bond acceptors (Lipinski definition) is 10. The molecule has 0 saturated carbocycles. The Kier molecular flexibility index (Phi) is 12.9. The smallest absolute Gasteiger partial charge is 0.413 e. The van der Waals surface area contributed by atoms with Crippen molar-refractivity contribution in [2.75, 3.05) is 47.5 Å². The zero-order valence-corrected chi connectivity index (χ0v) is 36.2. The molecule has 2 aromatic heterocycles. The van der Waals surface area contributed by atoms with E-state index in [4.69, 9.17) is 4.42 Å². The van der Waals surface area contributed by atoms with Gasteiger partial charge in [-0.2, -0.15) is 26.3 Å². The van der Waals surface area contributed by atoms with Gasteiger partial charge in [0.25, 0.3) is 0 Å². The van der Waals surface area contributed by atoms with Crippen molar-refractivity contribution in [1.82, 2.24) is 30.2 Å². The maximum atomic E-state index is 16.5. The van der Waals surface area contributed by atoms with Gasteiger partial charge in [0.05, 0.1) is 18.8 Å². The SMILES string of the molecule is C=C(N1CCC(C)(c2ccc(N(Cc3ccc(-c4nnc(C(F)(F)F)o4)cc3)C(=O)N3CCS(=O)CC3)c(F)c2)CC1)N(Cc1c(F)cc(-c2nnc(C(F)(F)F)o2)cc1F)c1ccccc1. The van der Waals surface area contributed by atoms with Crippen LogP contribution in [0.1, 0.15) is 48.2 Å². The molecular weight excluding hydrogens is 920 g/mol. The third kappa shape index (κ3) is 10.2. The molecular formula is C45H39F9N8O4S. The van der Waals surface area contributed by atoms with E-state index in [1.165, 1.54) is 34.1 Å². The molecule has 6 aromatic rings. The summed E-state index contributed by atoms with van der Waals surface area (Å²) in [7, 11) is -1.10. The number of alkyl halides is 6. The molecule has 22 heteroatoms. The summed E-state index contributed by atoms with van der Waals surface area (Å²) >= 11 is 0. The van der Waals surface area contributed by atoms with Crippen LogP contribution in [0.2, 0.25) is 0 Å². The lowest BCUT2D eigenvalue weighted by Gasteiger charge is -2.44. The van der Waals surface area contributed by atoms with Crippen molar-refractivity contribution in [3.05, 3.63) is 143 Å². The number of carbonyl (C=O) groups excluding carboxylic acids is 1. The number of para-hydroxylation sites is 1. The summed E-state index contributed by atoms with van der Waals surface area (Å²) in [6.07, 6.45) is -8.81. The summed E-state index contributed by atoms with van der Waals surface area (Å²) in [5.74, 6) is -6.14. The topological polar surface area (TPSA) is 125 Å². The van der Waals surface area contributed by atoms with Crippen molar-refractivity contribution in [2.24, 2.45) is 0 Å². The number of nitrogens with zero attached hydrogens (tertiary/aromatic N) is 8. The van der Waals surface area contributed by atoms with Crippen LogP contribution >= 0.6 is 0 Å². The zero-order chi connectivity index (χ0) is 47.8. The maximum absolute atomic E-state index is 16.5. The Bertz CT molecular complexity index is 2760. The van der Waals surface area contributed by atoms with Gasteiger partial charge in [-0.05, 0) is 77.9 Å². The molecule has 0 N–H and O–H groups in total. The predicted molar refractivity (Wildman–Crippen MR) is 227 cm³/mol. The van der Waals surface area contributed by atoms with Crippen molar-refractivity contribution in [1.29, 1.82) is 0 Å². The average molecular weight is 959 g/mol. The van der Waals surface area contributed by atoms with Gasteiger partial charge in [0.15, 0.2) is 0 Å². The zero-order valence-electron chi connectivity index (χ0n) is 35.4. The molecule has 0 atom stereocenters. The molecule has 0 aliphatic carbocycles. The lowest BCUT2D eigenvalue weighted by atomic mass is 9.74. The van der Waals surface area contributed by atoms with E-state index in [0.717, 1.165) is 12.1 Å². The van der Waals surface area contributed by atoms with Crippen molar-refractivity contribution < 1.29 is 57.4 Å². The fourth-order valence-electron chi connectivity index (χ4n) is 7.89. The quantitative estimate of drug-likeness (QED) is 0.116. The Morgan fingerprint density at radius 1 is 0.701 bits per heavy atom. The summed E-state index contributed by atoms with van der Waals surface area (Å²) in [5, 5.41) is 12.7. The first-order chi connectivity index (χ1) is 31.8. The molecule has 12 nitrogen and oxygen atoms in total. The molecule has 67 heavy (non-hydrogen) atoms. The number of benzene rings is 4. The van der Waals surface area contributed by atoms with Crippen LogP contribution in [-0.2, 0) is 41.7 Å². The second-order valence-corrected chi connectivity index (χ2v) is 17.9. The van der Waals surface area contributed by atoms with Crippen molar-refractivity contribution in [3.8, 4) is 22.9 Å². The molecule has 0 spiro atoms. The molecule has 4 heterocycles. The van der Waals surface area contributed by atoms with Crippen LogP contribution in [0.5, 0.6) is 0 Å². The Morgan fingerprint density at radius 2 is 1.27 bits per heavy atom. The molecule has 0 bridgehead atoms. The van der Waals surface area contributed by atoms with Gasteiger partial charge < -0.3 is 23.5 Å². The molecule has 352 valence electrons. The highest BCUT2D eigenvalue weighted by atomic mass is 32.2. The van der Waals surface area contributed by atoms with Gasteiger partial charge >= 0.3 is 30.2 Å². The Hall–Kier alpha value is -6.71. The summed E-state index contributed by atoms with van der Waals surface area (Å²) < 4.78 is 148. The molecule has 8 rings (SSSR count). The summed E-state index contributed by atoms with van der Waals surface area (Å²) in [5.41, 5.74) is 0.519. The van der Waals surface area contributed by atoms with Gasteiger partial charge in [0, 0.05) is 70.9 Å². The highest BCUT2D eigenvalue weighted by molar-refractivity contribution is 7.85. The molecule has 2 saturated heterocycles. The molecule has 2 aliphatic heterocycles. The first-order valence-electron chi connectivity index (χ1n) is 20.6. The minimum Gasteiger partial charge on any atom is -0.413 e. The summed E-state index contributed by atoms with van der Waals surface area (Å²) in [6, 6.07) is 20.4. The number of urea groups is 1. The van der Waals surface area contributed by atoms with Crippen LogP contribution < -0.4 is 9.80 Å². The number of aromatic nitrogens is 4. The van der Waals surface area contributed by atoms with Crippen LogP contribution in [0.3, 0.4) is 0 Å². The largest absolute Gasteiger partial charge is 0.470 e. The number of piperidine rings is 1. The second kappa shape index (κ2) is 18.5. The number of amides is 2. The van der Waals surface area contributed by atoms with Gasteiger partial charge in [-0.25, -0.2) is 18.0 Å². The number of rotatable bonds is 11. The highest BCUT2D eigenvalue weighted by Gasteiger charge is 2.40. The first kappa shape index (κ1) is 46.8. The van der Waals surface area contributed by atoms with Crippen LogP contribution in [0.4, 0.5) is 55.7 Å². The Balaban J connectivity index is 0.991. The number of anilines is 2. The van der Waals surface area contributed by atoms with Crippen molar-refractivity contribution in [2.45, 2.75) is 50.6 Å². The van der Waals surface area contributed by atoms with Gasteiger partial charge in [0.1, 0.15) is 23.3 Å². The lowest BCUT2D eigenvalue weighted by molar-refractivity contribution is -0.157. The Labute approximate surface area is 379 Å². The maximum Gasteiger partial charge on any atom is 0.470 e. The highest BCUT2D eigenvalue weighted by Crippen LogP contribution is 2.40. The summed E-state index contributed by atoms with van der Waals surface area (Å²) in [6.45, 7) is 6.94. The second-order valence-electron chi connectivity index (χ2n) is 16.2. The summed E-state index contributed by atoms with van der Waals surface area (Å²) in [4.78, 5) is 20.4.